The predicted octanol–water partition coefficient (Wildman–Crippen LogP) is 4.53. The fourth-order valence-electron chi connectivity index (χ4n) is 2.33. The lowest BCUT2D eigenvalue weighted by Crippen LogP contribution is -2.14. The van der Waals surface area contributed by atoms with E-state index < -0.39 is 0 Å². The highest BCUT2D eigenvalue weighted by Crippen LogP contribution is 2.34. The molecule has 0 N–H and O–H groups in total. The Morgan fingerprint density at radius 1 is 0.882 bits per heavy atom. The van der Waals surface area contributed by atoms with Crippen molar-refractivity contribution in [3.63, 3.8) is 0 Å². The predicted molar refractivity (Wildman–Crippen MR) is 74.8 cm³/mol. The van der Waals surface area contributed by atoms with Gasteiger partial charge in [-0.25, -0.2) is 0 Å². The monoisotopic (exact) mass is 229 g/mol. The Balaban J connectivity index is 2.81. The van der Waals surface area contributed by atoms with Gasteiger partial charge in [0, 0.05) is 22.8 Å². The molecule has 1 nitrogen and oxygen atoms in total. The fourth-order valence-corrected chi connectivity index (χ4v) is 2.33. The summed E-state index contributed by atoms with van der Waals surface area (Å²) in [6, 6.07) is 8.82. The van der Waals surface area contributed by atoms with Crippen molar-refractivity contribution >= 4 is 5.52 Å². The van der Waals surface area contributed by atoms with Crippen molar-refractivity contribution in [2.45, 2.75) is 52.4 Å². The van der Waals surface area contributed by atoms with Gasteiger partial charge in [0.15, 0.2) is 0 Å². The van der Waals surface area contributed by atoms with Crippen molar-refractivity contribution < 1.29 is 0 Å². The molecule has 0 radical (unpaired) electrons. The van der Waals surface area contributed by atoms with E-state index in [-0.39, 0.29) is 10.8 Å². The number of fused-ring (bicyclic) bond motifs is 1. The molecule has 2 aromatic rings. The van der Waals surface area contributed by atoms with Gasteiger partial charge in [0.1, 0.15) is 0 Å². The molecule has 0 bridgehead atoms. The molecule has 17 heavy (non-hydrogen) atoms. The quantitative estimate of drug-likeness (QED) is 0.625. The molecule has 92 valence electrons. The van der Waals surface area contributed by atoms with Crippen LogP contribution in [0.2, 0.25) is 0 Å². The van der Waals surface area contributed by atoms with Crippen LogP contribution < -0.4 is 0 Å². The molecular formula is C16H23N. The normalized spacial score (nSPS) is 13.3. The van der Waals surface area contributed by atoms with Crippen LogP contribution >= 0.6 is 0 Å². The summed E-state index contributed by atoms with van der Waals surface area (Å²) in [7, 11) is 0. The molecule has 0 amide bonds. The lowest BCUT2D eigenvalue weighted by Gasteiger charge is -2.18. The lowest BCUT2D eigenvalue weighted by molar-refractivity contribution is 0.561. The Labute approximate surface area is 104 Å². The average Bonchev–Trinajstić information content (AvgIpc) is 2.55. The van der Waals surface area contributed by atoms with Gasteiger partial charge in [-0.15, -0.1) is 0 Å². The van der Waals surface area contributed by atoms with Gasteiger partial charge in [-0.2, -0.15) is 0 Å². The molecule has 0 aliphatic rings. The van der Waals surface area contributed by atoms with E-state index in [0.29, 0.717) is 0 Å². The van der Waals surface area contributed by atoms with Crippen LogP contribution in [0.5, 0.6) is 0 Å². The van der Waals surface area contributed by atoms with Gasteiger partial charge in [0.25, 0.3) is 0 Å². The second kappa shape index (κ2) is 3.63. The Bertz CT molecular complexity index is 485. The van der Waals surface area contributed by atoms with Gasteiger partial charge in [-0.05, 0) is 29.2 Å². The SMILES string of the molecule is CC(C)(C)c1cc(C(C)(C)C)n2ccccc12. The first kappa shape index (κ1) is 12.2. The molecule has 2 rings (SSSR count). The van der Waals surface area contributed by atoms with Gasteiger partial charge in [0.2, 0.25) is 0 Å². The first-order chi connectivity index (χ1) is 7.71. The van der Waals surface area contributed by atoms with Crippen LogP contribution in [0.25, 0.3) is 5.52 Å². The van der Waals surface area contributed by atoms with Crippen LogP contribution in [0.1, 0.15) is 52.8 Å². The van der Waals surface area contributed by atoms with Crippen molar-refractivity contribution in [1.29, 1.82) is 0 Å². The van der Waals surface area contributed by atoms with Gasteiger partial charge >= 0.3 is 0 Å². The fraction of sp³-hybridized carbons (Fsp3) is 0.500. The van der Waals surface area contributed by atoms with Crippen molar-refractivity contribution in [1.82, 2.24) is 4.40 Å². The maximum Gasteiger partial charge on any atom is 0.0490 e. The van der Waals surface area contributed by atoms with Crippen LogP contribution in [0, 0.1) is 0 Å². The molecule has 2 heterocycles. The van der Waals surface area contributed by atoms with E-state index in [2.05, 4.69) is 76.4 Å². The average molecular weight is 229 g/mol. The summed E-state index contributed by atoms with van der Waals surface area (Å²) >= 11 is 0. The molecular weight excluding hydrogens is 206 g/mol. The van der Waals surface area contributed by atoms with Crippen LogP contribution in [-0.4, -0.2) is 4.40 Å². The molecule has 0 spiro atoms. The Hall–Kier alpha value is -1.24. The number of rotatable bonds is 0. The summed E-state index contributed by atoms with van der Waals surface area (Å²) in [6.45, 7) is 13.7. The van der Waals surface area contributed by atoms with Crippen molar-refractivity contribution in [2.75, 3.05) is 0 Å². The summed E-state index contributed by atoms with van der Waals surface area (Å²) in [4.78, 5) is 0. The van der Waals surface area contributed by atoms with Gasteiger partial charge in [-0.1, -0.05) is 47.6 Å². The van der Waals surface area contributed by atoms with E-state index in [4.69, 9.17) is 0 Å². The number of pyridine rings is 1. The van der Waals surface area contributed by atoms with E-state index in [1.807, 2.05) is 0 Å². The number of hydrogen-bond acceptors (Lipinski definition) is 0. The lowest BCUT2D eigenvalue weighted by atomic mass is 9.85. The van der Waals surface area contributed by atoms with Crippen molar-refractivity contribution in [3.05, 3.63) is 41.7 Å². The summed E-state index contributed by atoms with van der Waals surface area (Å²) < 4.78 is 2.33. The summed E-state index contributed by atoms with van der Waals surface area (Å²) in [6.07, 6.45) is 2.17. The minimum Gasteiger partial charge on any atom is -0.320 e. The highest BCUT2D eigenvalue weighted by atomic mass is 14.9. The summed E-state index contributed by atoms with van der Waals surface area (Å²) in [5, 5.41) is 0. The summed E-state index contributed by atoms with van der Waals surface area (Å²) in [5.41, 5.74) is 4.52. The zero-order valence-electron chi connectivity index (χ0n) is 11.8. The van der Waals surface area contributed by atoms with Gasteiger partial charge < -0.3 is 4.40 Å². The Morgan fingerprint density at radius 2 is 1.53 bits per heavy atom. The van der Waals surface area contributed by atoms with Crippen molar-refractivity contribution in [3.8, 4) is 0 Å². The molecule has 0 fully saturated rings. The first-order valence-corrected chi connectivity index (χ1v) is 6.32. The van der Waals surface area contributed by atoms with E-state index in [1.54, 1.807) is 0 Å². The van der Waals surface area contributed by atoms with E-state index >= 15 is 0 Å². The second-order valence-electron chi connectivity index (χ2n) is 6.90. The van der Waals surface area contributed by atoms with E-state index in [1.165, 1.54) is 16.8 Å². The molecule has 0 saturated heterocycles. The topological polar surface area (TPSA) is 4.41 Å². The zero-order chi connectivity index (χ0) is 12.8. The van der Waals surface area contributed by atoms with Crippen LogP contribution in [-0.2, 0) is 10.8 Å². The summed E-state index contributed by atoms with van der Waals surface area (Å²) in [5.74, 6) is 0. The van der Waals surface area contributed by atoms with E-state index in [9.17, 15) is 0 Å². The molecule has 0 atom stereocenters. The smallest absolute Gasteiger partial charge is 0.0490 e. The highest BCUT2D eigenvalue weighted by Gasteiger charge is 2.25. The van der Waals surface area contributed by atoms with Crippen LogP contribution in [0.4, 0.5) is 0 Å². The molecule has 1 heteroatoms. The zero-order valence-corrected chi connectivity index (χ0v) is 11.8. The second-order valence-corrected chi connectivity index (χ2v) is 6.90. The highest BCUT2D eigenvalue weighted by molar-refractivity contribution is 5.61. The maximum absolute atomic E-state index is 2.37. The number of nitrogens with zero attached hydrogens (tertiary/aromatic N) is 1. The third-order valence-corrected chi connectivity index (χ3v) is 3.25. The molecule has 2 aromatic heterocycles. The third kappa shape index (κ3) is 2.11. The van der Waals surface area contributed by atoms with E-state index in [0.717, 1.165) is 0 Å². The first-order valence-electron chi connectivity index (χ1n) is 6.32. The minimum atomic E-state index is 0.174. The van der Waals surface area contributed by atoms with Gasteiger partial charge in [0.05, 0.1) is 0 Å². The minimum absolute atomic E-state index is 0.174. The molecule has 0 aliphatic carbocycles. The molecule has 0 saturated carbocycles. The standard InChI is InChI=1S/C16H23N/c1-15(2,3)12-11-14(16(4,5)6)17-10-8-7-9-13(12)17/h7-11H,1-6H3. The van der Waals surface area contributed by atoms with Crippen LogP contribution in [0.3, 0.4) is 0 Å². The van der Waals surface area contributed by atoms with Crippen molar-refractivity contribution in [2.24, 2.45) is 0 Å². The Morgan fingerprint density at radius 3 is 2.06 bits per heavy atom. The Kier molecular flexibility index (Phi) is 2.61. The molecule has 0 aliphatic heterocycles. The van der Waals surface area contributed by atoms with Crippen LogP contribution in [0.15, 0.2) is 30.5 Å². The maximum atomic E-state index is 2.37. The number of aromatic nitrogens is 1. The third-order valence-electron chi connectivity index (χ3n) is 3.25. The van der Waals surface area contributed by atoms with Gasteiger partial charge in [-0.3, -0.25) is 0 Å². The molecule has 0 unspecified atom stereocenters. The number of hydrogen-bond donors (Lipinski definition) is 0. The largest absolute Gasteiger partial charge is 0.320 e. The molecule has 0 aromatic carbocycles.